The Hall–Kier alpha value is -11.2. The lowest BCUT2D eigenvalue weighted by Gasteiger charge is -2.31. The zero-order valence-electron chi connectivity index (χ0n) is 59.1. The van der Waals surface area contributed by atoms with Gasteiger partial charge in [-0.2, -0.15) is 11.8 Å². The Labute approximate surface area is 622 Å². The standard InChI is InChI=1S/C66H94N20O21S/c67-48(88)20-16-37-58(99)78-41(27-33-12-14-35(87)15-13-33)59(100)75-38(17-21-49(68)89)64(105)84-25-5-8-44(84)61(102)72-30-52(92)73-36(18-22-53(93)94)57(98)79-42(29-50(69)90)60(101)77-40(56(70)97)28-34-31-86(83-82-34)46(63(104)76-39(19-23-54(95)96)65(106)85-26-6-9-45(85)62(103)74-37)7-3-4-24-71-51(91)11-2-1-10-47-55-43(32-108-47)80-66(107)81-55/h12-15,31,36-47,55,87H,1-11,16-30,32H2,(H2,67,88)(H2,68,89)(H2,69,90)(H2,70,97)(H,71,91)(H,72,102)(H,73,92)(H,74,103)(H,75,100)(H,76,104)(H,77,101)(H,78,99)(H,79,98)(H,93,94)(H,95,96)(H2,80,81,107)/t36-,37-,38-,39-,40+,41-,42-,43-,44-,45-,46+,47-,55-/m0/s1. The summed E-state index contributed by atoms with van der Waals surface area (Å²) < 4.78 is 1.04. The molecule has 0 saturated carbocycles. The third-order valence-electron chi connectivity index (χ3n) is 18.9. The number of unbranched alkanes of at least 4 members (excludes halogenated alkanes) is 2. The minimum absolute atomic E-state index is 0.00475. The van der Waals surface area contributed by atoms with Gasteiger partial charge in [0, 0.05) is 81.8 Å². The van der Waals surface area contributed by atoms with Gasteiger partial charge in [-0.3, -0.25) is 81.5 Å². The molecule has 0 aliphatic carbocycles. The van der Waals surface area contributed by atoms with Crippen molar-refractivity contribution in [1.82, 2.24) is 83.3 Å². The van der Waals surface area contributed by atoms with E-state index in [0.29, 0.717) is 18.4 Å². The zero-order chi connectivity index (χ0) is 78.9. The molecule has 5 aliphatic rings. The number of benzene rings is 1. The van der Waals surface area contributed by atoms with Gasteiger partial charge >= 0.3 is 18.0 Å². The summed E-state index contributed by atoms with van der Waals surface area (Å²) in [7, 11) is 0. The molecule has 4 fully saturated rings. The highest BCUT2D eigenvalue weighted by Gasteiger charge is 2.45. The summed E-state index contributed by atoms with van der Waals surface area (Å²) in [6.45, 7) is -1.07. The molecule has 42 heteroatoms. The van der Waals surface area contributed by atoms with Crippen molar-refractivity contribution in [2.24, 2.45) is 22.9 Å². The van der Waals surface area contributed by atoms with E-state index >= 15 is 0 Å². The van der Waals surface area contributed by atoms with Crippen molar-refractivity contribution in [3.63, 3.8) is 0 Å². The fourth-order valence-electron chi connectivity index (χ4n) is 13.2. The van der Waals surface area contributed by atoms with Crippen molar-refractivity contribution in [3.05, 3.63) is 41.7 Å². The predicted octanol–water partition coefficient (Wildman–Crippen LogP) is -6.55. The van der Waals surface area contributed by atoms with E-state index in [1.54, 1.807) is 11.8 Å². The number of carbonyl (C=O) groups is 18. The molecule has 0 radical (unpaired) electrons. The number of rotatable bonds is 27. The molecule has 108 heavy (non-hydrogen) atoms. The van der Waals surface area contributed by atoms with Crippen LogP contribution in [0.3, 0.4) is 0 Å². The number of carbonyl (C=O) groups excluding carboxylic acids is 16. The Balaban J connectivity index is 1.20. The van der Waals surface area contributed by atoms with Gasteiger partial charge in [0.05, 0.1) is 30.7 Å². The number of nitrogens with two attached hydrogens (primary N) is 4. The maximum absolute atomic E-state index is 14.9. The van der Waals surface area contributed by atoms with Gasteiger partial charge < -0.3 is 107 Å². The molecule has 590 valence electrons. The van der Waals surface area contributed by atoms with Crippen molar-refractivity contribution in [1.29, 1.82) is 0 Å². The number of thioether (sulfide) groups is 1. The number of urea groups is 1. The lowest BCUT2D eigenvalue weighted by atomic mass is 10.0. The van der Waals surface area contributed by atoms with E-state index in [1.807, 2.05) is 0 Å². The highest BCUT2D eigenvalue weighted by molar-refractivity contribution is 8.00. The predicted molar refractivity (Wildman–Crippen MR) is 375 cm³/mol. The summed E-state index contributed by atoms with van der Waals surface area (Å²) in [6.07, 6.45) is -2.76. The molecule has 0 spiro atoms. The Morgan fingerprint density at radius 2 is 1.08 bits per heavy atom. The highest BCUT2D eigenvalue weighted by atomic mass is 32.2. The number of amides is 17. The Bertz CT molecular complexity index is 3690. The molecule has 4 saturated heterocycles. The van der Waals surface area contributed by atoms with Crippen molar-refractivity contribution < 1.29 is 102 Å². The van der Waals surface area contributed by atoms with Crippen molar-refractivity contribution in [2.75, 3.05) is 31.9 Å². The van der Waals surface area contributed by atoms with Crippen LogP contribution in [0, 0.1) is 0 Å². The molecular formula is C66H94N20O21S. The summed E-state index contributed by atoms with van der Waals surface area (Å²) in [5.41, 5.74) is 22.5. The second kappa shape index (κ2) is 40.5. The molecule has 0 unspecified atom stereocenters. The number of hydrogen-bond acceptors (Lipinski definition) is 22. The van der Waals surface area contributed by atoms with Gasteiger partial charge in [-0.1, -0.05) is 23.8 Å². The first-order valence-corrected chi connectivity index (χ1v) is 36.6. The SMILES string of the molecule is NC(=O)CC[C@@H]1NC(=O)[C@@H]2CCCN2C(=O)[C@H](CCC(=O)O)NC(=O)[C@@H](CCCCNC(=O)CCCC[C@@H]2SC[C@@H]3NC(=O)N[C@@H]32)n2cc(nn2)C[C@H](C(N)=O)NC(=O)[C@H](CC(N)=O)NC(=O)[C@H](CCC(=O)O)NC(=O)CNC(=O)[C@@H]2CCCN2C(=O)[C@H](CCC(N)=O)NC(=O)[C@H](Cc2ccc(O)cc2)NC1=O. The molecule has 1 aromatic heterocycles. The third-order valence-corrected chi connectivity index (χ3v) is 20.4. The van der Waals surface area contributed by atoms with Gasteiger partial charge in [-0.15, -0.1) is 5.10 Å². The Morgan fingerprint density at radius 1 is 0.546 bits per heavy atom. The number of phenolic OH excluding ortho intramolecular Hbond substituents is 1. The average molecular weight is 1540 g/mol. The quantitative estimate of drug-likeness (QED) is 0.0292. The minimum Gasteiger partial charge on any atom is -0.508 e. The number of aromatic hydroxyl groups is 1. The fourth-order valence-corrected chi connectivity index (χ4v) is 14.8. The lowest BCUT2D eigenvalue weighted by Crippen LogP contribution is -2.60. The molecule has 2 bridgehead atoms. The number of carboxylic acid groups (broad SMARTS) is 2. The molecule has 17 amide bonds. The molecular weight excluding hydrogens is 1440 g/mol. The number of phenols is 1. The van der Waals surface area contributed by atoms with Crippen LogP contribution in [0.25, 0.3) is 0 Å². The van der Waals surface area contributed by atoms with Gasteiger partial charge in [-0.25, -0.2) is 9.48 Å². The number of carboxylic acids is 2. The lowest BCUT2D eigenvalue weighted by molar-refractivity contribution is -0.144. The number of hydrogen-bond donors (Lipinski definition) is 18. The normalized spacial score (nSPS) is 25.9. The topological polar surface area (TPSA) is 642 Å². The Morgan fingerprint density at radius 3 is 1.69 bits per heavy atom. The molecule has 13 atom stereocenters. The van der Waals surface area contributed by atoms with Crippen LogP contribution in [-0.4, -0.2) is 250 Å². The maximum atomic E-state index is 14.9. The molecule has 22 N–H and O–H groups in total. The van der Waals surface area contributed by atoms with E-state index in [0.717, 1.165) is 26.7 Å². The monoisotopic (exact) mass is 1530 g/mol. The summed E-state index contributed by atoms with van der Waals surface area (Å²) in [5, 5.41) is 66.1. The van der Waals surface area contributed by atoms with E-state index in [-0.39, 0.29) is 112 Å². The van der Waals surface area contributed by atoms with Crippen LogP contribution in [0.15, 0.2) is 30.5 Å². The van der Waals surface area contributed by atoms with Crippen LogP contribution in [0.1, 0.15) is 146 Å². The second-order valence-electron chi connectivity index (χ2n) is 27.0. The first-order chi connectivity index (χ1) is 51.3. The van der Waals surface area contributed by atoms with Crippen LogP contribution in [0.4, 0.5) is 4.79 Å². The average Bonchev–Trinajstić information content (AvgIpc) is 1.65. The summed E-state index contributed by atoms with van der Waals surface area (Å²) >= 11 is 1.75. The van der Waals surface area contributed by atoms with E-state index < -0.39 is 232 Å². The Kier molecular flexibility index (Phi) is 31.5. The third kappa shape index (κ3) is 25.5. The minimum atomic E-state index is -1.95. The van der Waals surface area contributed by atoms with Crippen molar-refractivity contribution in [3.8, 4) is 5.75 Å². The maximum Gasteiger partial charge on any atom is 0.315 e. The highest BCUT2D eigenvalue weighted by Crippen LogP contribution is 2.33. The van der Waals surface area contributed by atoms with Gasteiger partial charge in [0.2, 0.25) is 88.6 Å². The second-order valence-corrected chi connectivity index (χ2v) is 28.3. The number of primary amides is 4. The zero-order valence-corrected chi connectivity index (χ0v) is 59.9. The number of aromatic nitrogens is 3. The molecule has 2 aromatic rings. The largest absolute Gasteiger partial charge is 0.508 e. The molecule has 6 heterocycles. The van der Waals surface area contributed by atoms with Gasteiger partial charge in [0.1, 0.15) is 66.2 Å². The van der Waals surface area contributed by atoms with Crippen LogP contribution >= 0.6 is 11.8 Å². The summed E-state index contributed by atoms with van der Waals surface area (Å²) in [5.74, 6) is -17.4. The molecule has 5 aliphatic heterocycles. The number of aliphatic carboxylic acids is 2. The van der Waals surface area contributed by atoms with E-state index in [1.165, 1.54) is 30.5 Å². The van der Waals surface area contributed by atoms with Crippen molar-refractivity contribution >= 4 is 118 Å². The van der Waals surface area contributed by atoms with Crippen LogP contribution < -0.4 is 81.4 Å². The fraction of sp³-hybridized carbons (Fsp3) is 0.606. The summed E-state index contributed by atoms with van der Waals surface area (Å²) in [6, 6.07) is -11.4. The first-order valence-electron chi connectivity index (χ1n) is 35.6. The van der Waals surface area contributed by atoms with E-state index in [4.69, 9.17) is 22.9 Å². The molecule has 7 rings (SSSR count). The van der Waals surface area contributed by atoms with Crippen LogP contribution in [0.5, 0.6) is 5.75 Å². The van der Waals surface area contributed by atoms with Gasteiger partial charge in [0.25, 0.3) is 0 Å². The van der Waals surface area contributed by atoms with Gasteiger partial charge in [-0.05, 0) is 101 Å². The summed E-state index contributed by atoms with van der Waals surface area (Å²) in [4.78, 5) is 245. The smallest absolute Gasteiger partial charge is 0.315 e. The molecule has 41 nitrogen and oxygen atoms in total. The van der Waals surface area contributed by atoms with Crippen LogP contribution in [0.2, 0.25) is 0 Å². The van der Waals surface area contributed by atoms with Gasteiger partial charge in [0.15, 0.2) is 0 Å². The molecule has 1 aromatic carbocycles. The van der Waals surface area contributed by atoms with Crippen LogP contribution in [-0.2, 0) is 94.3 Å². The van der Waals surface area contributed by atoms with Crippen molar-refractivity contribution in [2.45, 2.75) is 219 Å². The number of nitrogens with one attached hydrogen (secondary N) is 11. The van der Waals surface area contributed by atoms with E-state index in [2.05, 4.69) is 68.8 Å². The van der Waals surface area contributed by atoms with E-state index in [9.17, 15) is 102 Å². The first kappa shape index (κ1) is 84.0. The number of fused-ring (bicyclic) bond motifs is 5. The number of nitrogens with zero attached hydrogens (tertiary/aromatic N) is 5.